The molecular formula is C22H26N2O4S. The Morgan fingerprint density at radius 3 is 2.86 bits per heavy atom. The molecule has 0 spiro atoms. The van der Waals surface area contributed by atoms with Crippen molar-refractivity contribution in [3.63, 3.8) is 0 Å². The number of ether oxygens (including phenoxy) is 1. The van der Waals surface area contributed by atoms with Gasteiger partial charge in [-0.3, -0.25) is 14.4 Å². The lowest BCUT2D eigenvalue weighted by Crippen LogP contribution is -2.58. The summed E-state index contributed by atoms with van der Waals surface area (Å²) < 4.78 is 6.60. The minimum atomic E-state index is -0.653. The molecule has 4 rings (SSSR count). The quantitative estimate of drug-likeness (QED) is 0.816. The molecule has 2 aromatic rings. The minimum Gasteiger partial charge on any atom is -0.368 e. The van der Waals surface area contributed by atoms with Crippen LogP contribution in [-0.2, 0) is 14.3 Å². The summed E-state index contributed by atoms with van der Waals surface area (Å²) in [6, 6.07) is 8.53. The number of Topliss-reactive ketones (excluding diaryl/α,β-unsaturated/α-hetero) is 1. The number of likely N-dealkylation sites (tertiary alicyclic amines) is 1. The molecule has 2 amide bonds. The van der Waals surface area contributed by atoms with E-state index in [1.54, 1.807) is 4.90 Å². The van der Waals surface area contributed by atoms with Crippen LogP contribution in [-0.4, -0.2) is 53.8 Å². The minimum absolute atomic E-state index is 0.0396. The number of hydrogen-bond acceptors (Lipinski definition) is 5. The van der Waals surface area contributed by atoms with E-state index < -0.39 is 12.1 Å². The van der Waals surface area contributed by atoms with Crippen LogP contribution in [0.5, 0.6) is 0 Å². The summed E-state index contributed by atoms with van der Waals surface area (Å²) in [5, 5.41) is 3.96. The SMILES string of the molecule is CC(C)C[C@H](NC(=O)c1cc2ccccc2s1)C(=O)N1CCC[C@@H]2OCC(=O)[C@@H]21. The van der Waals surface area contributed by atoms with Crippen LogP contribution in [0, 0.1) is 5.92 Å². The molecule has 1 aromatic heterocycles. The van der Waals surface area contributed by atoms with Gasteiger partial charge in [-0.25, -0.2) is 0 Å². The summed E-state index contributed by atoms with van der Waals surface area (Å²) in [7, 11) is 0. The molecule has 154 valence electrons. The number of thiophene rings is 1. The van der Waals surface area contributed by atoms with E-state index in [1.165, 1.54) is 11.3 Å². The van der Waals surface area contributed by atoms with Crippen molar-refractivity contribution in [2.45, 2.75) is 51.3 Å². The average molecular weight is 415 g/mol. The third kappa shape index (κ3) is 4.07. The Labute approximate surface area is 174 Å². The van der Waals surface area contributed by atoms with Gasteiger partial charge in [0.05, 0.1) is 11.0 Å². The fourth-order valence-electron chi connectivity index (χ4n) is 4.25. The summed E-state index contributed by atoms with van der Waals surface area (Å²) in [6.45, 7) is 4.65. The van der Waals surface area contributed by atoms with Crippen molar-refractivity contribution in [2.75, 3.05) is 13.2 Å². The van der Waals surface area contributed by atoms with E-state index in [1.807, 2.05) is 44.2 Å². The predicted octanol–water partition coefficient (Wildman–Crippen LogP) is 3.00. The summed E-state index contributed by atoms with van der Waals surface area (Å²) >= 11 is 1.42. The zero-order valence-corrected chi connectivity index (χ0v) is 17.5. The number of rotatable bonds is 5. The van der Waals surface area contributed by atoms with Crippen molar-refractivity contribution >= 4 is 39.0 Å². The first-order valence-electron chi connectivity index (χ1n) is 10.2. The van der Waals surface area contributed by atoms with Gasteiger partial charge in [0, 0.05) is 11.2 Å². The number of carbonyl (C=O) groups excluding carboxylic acids is 3. The second kappa shape index (κ2) is 8.24. The van der Waals surface area contributed by atoms with Gasteiger partial charge in [-0.05, 0) is 42.7 Å². The Kier molecular flexibility index (Phi) is 5.69. The Hall–Kier alpha value is -2.25. The van der Waals surface area contributed by atoms with Gasteiger partial charge in [-0.1, -0.05) is 32.0 Å². The molecule has 0 saturated carbocycles. The number of hydrogen-bond donors (Lipinski definition) is 1. The Balaban J connectivity index is 1.54. The van der Waals surface area contributed by atoms with Gasteiger partial charge < -0.3 is 15.0 Å². The molecule has 2 fully saturated rings. The molecule has 2 aliphatic rings. The van der Waals surface area contributed by atoms with Crippen LogP contribution in [0.3, 0.4) is 0 Å². The van der Waals surface area contributed by atoms with Crippen LogP contribution < -0.4 is 5.32 Å². The largest absolute Gasteiger partial charge is 0.368 e. The number of nitrogens with one attached hydrogen (secondary N) is 1. The third-order valence-electron chi connectivity index (χ3n) is 5.59. The fraction of sp³-hybridized carbons (Fsp3) is 0.500. The number of nitrogens with zero attached hydrogens (tertiary/aromatic N) is 1. The zero-order chi connectivity index (χ0) is 20.5. The number of amides is 2. The van der Waals surface area contributed by atoms with Crippen LogP contribution in [0.1, 0.15) is 42.8 Å². The molecule has 2 aliphatic heterocycles. The topological polar surface area (TPSA) is 75.7 Å². The van der Waals surface area contributed by atoms with Gasteiger partial charge in [-0.2, -0.15) is 0 Å². The molecule has 0 unspecified atom stereocenters. The molecule has 1 aromatic carbocycles. The second-order valence-electron chi connectivity index (χ2n) is 8.24. The standard InChI is InChI=1S/C22H26N2O4S/c1-13(2)10-15(22(27)24-9-5-7-17-20(24)16(25)12-28-17)23-21(26)19-11-14-6-3-4-8-18(14)29-19/h3-4,6,8,11,13,15,17,20H,5,7,9-10,12H2,1-2H3,(H,23,26)/t15-,17-,20-/m0/s1. The maximum absolute atomic E-state index is 13.4. The zero-order valence-electron chi connectivity index (χ0n) is 16.7. The Morgan fingerprint density at radius 1 is 1.31 bits per heavy atom. The number of piperidine rings is 1. The van der Waals surface area contributed by atoms with Crippen molar-refractivity contribution in [3.05, 3.63) is 35.2 Å². The molecule has 1 N–H and O–H groups in total. The van der Waals surface area contributed by atoms with Crippen molar-refractivity contribution in [3.8, 4) is 0 Å². The highest BCUT2D eigenvalue weighted by atomic mass is 32.1. The molecule has 0 bridgehead atoms. The van der Waals surface area contributed by atoms with Gasteiger partial charge in [-0.15, -0.1) is 11.3 Å². The van der Waals surface area contributed by atoms with E-state index in [2.05, 4.69) is 5.32 Å². The maximum atomic E-state index is 13.4. The number of carbonyl (C=O) groups is 3. The molecular weight excluding hydrogens is 388 g/mol. The highest BCUT2D eigenvalue weighted by molar-refractivity contribution is 7.20. The van der Waals surface area contributed by atoms with E-state index in [9.17, 15) is 14.4 Å². The van der Waals surface area contributed by atoms with E-state index in [0.29, 0.717) is 17.8 Å². The first-order valence-corrected chi connectivity index (χ1v) is 11.0. The smallest absolute Gasteiger partial charge is 0.262 e. The molecule has 3 atom stereocenters. The van der Waals surface area contributed by atoms with Crippen molar-refractivity contribution in [1.29, 1.82) is 0 Å². The summed E-state index contributed by atoms with van der Waals surface area (Å²) in [5.74, 6) is -0.237. The number of fused-ring (bicyclic) bond motifs is 2. The molecule has 0 aliphatic carbocycles. The van der Waals surface area contributed by atoms with Crippen molar-refractivity contribution < 1.29 is 19.1 Å². The normalized spacial score (nSPS) is 22.7. The van der Waals surface area contributed by atoms with Crippen molar-refractivity contribution in [1.82, 2.24) is 10.2 Å². The van der Waals surface area contributed by atoms with Crippen LogP contribution in [0.2, 0.25) is 0 Å². The van der Waals surface area contributed by atoms with Crippen molar-refractivity contribution in [2.24, 2.45) is 5.92 Å². The molecule has 29 heavy (non-hydrogen) atoms. The molecule has 7 heteroatoms. The number of ketones is 1. The molecule has 6 nitrogen and oxygen atoms in total. The van der Waals surface area contributed by atoms with Crippen LogP contribution >= 0.6 is 11.3 Å². The Morgan fingerprint density at radius 2 is 2.10 bits per heavy atom. The fourth-order valence-corrected chi connectivity index (χ4v) is 5.22. The Bertz CT molecular complexity index is 905. The van der Waals surface area contributed by atoms with Crippen LogP contribution in [0.25, 0.3) is 10.1 Å². The molecule has 3 heterocycles. The van der Waals surface area contributed by atoms with Gasteiger partial charge in [0.25, 0.3) is 5.91 Å². The van der Waals surface area contributed by atoms with E-state index in [0.717, 1.165) is 22.9 Å². The number of benzene rings is 1. The lowest BCUT2D eigenvalue weighted by molar-refractivity contribution is -0.142. The van der Waals surface area contributed by atoms with Gasteiger partial charge in [0.2, 0.25) is 5.91 Å². The lowest BCUT2D eigenvalue weighted by atomic mass is 9.95. The molecule has 2 saturated heterocycles. The van der Waals surface area contributed by atoms with Crippen LogP contribution in [0.4, 0.5) is 0 Å². The highest BCUT2D eigenvalue weighted by Gasteiger charge is 2.45. The first kappa shape index (κ1) is 20.0. The second-order valence-corrected chi connectivity index (χ2v) is 9.32. The first-order chi connectivity index (χ1) is 13.9. The molecule has 0 radical (unpaired) electrons. The highest BCUT2D eigenvalue weighted by Crippen LogP contribution is 2.28. The monoisotopic (exact) mass is 414 g/mol. The average Bonchev–Trinajstić information content (AvgIpc) is 3.30. The van der Waals surface area contributed by atoms with E-state index in [4.69, 9.17) is 4.74 Å². The lowest BCUT2D eigenvalue weighted by Gasteiger charge is -2.37. The van der Waals surface area contributed by atoms with Gasteiger partial charge >= 0.3 is 0 Å². The summed E-state index contributed by atoms with van der Waals surface area (Å²) in [4.78, 5) is 40.8. The third-order valence-corrected chi connectivity index (χ3v) is 6.70. The van der Waals surface area contributed by atoms with Gasteiger partial charge in [0.1, 0.15) is 18.7 Å². The summed E-state index contributed by atoms with van der Waals surface area (Å²) in [5.41, 5.74) is 0. The predicted molar refractivity (Wildman–Crippen MR) is 112 cm³/mol. The van der Waals surface area contributed by atoms with Crippen LogP contribution in [0.15, 0.2) is 30.3 Å². The van der Waals surface area contributed by atoms with Gasteiger partial charge in [0.15, 0.2) is 5.78 Å². The van der Waals surface area contributed by atoms with E-state index >= 15 is 0 Å². The maximum Gasteiger partial charge on any atom is 0.262 e. The summed E-state index contributed by atoms with van der Waals surface area (Å²) in [6.07, 6.45) is 1.92. The van der Waals surface area contributed by atoms with E-state index in [-0.39, 0.29) is 36.2 Å².